The van der Waals surface area contributed by atoms with Crippen molar-refractivity contribution < 1.29 is 34.4 Å². The van der Waals surface area contributed by atoms with Crippen molar-refractivity contribution in [2.24, 2.45) is 5.92 Å². The van der Waals surface area contributed by atoms with Gasteiger partial charge in [0.15, 0.2) is 0 Å². The first-order valence-electron chi connectivity index (χ1n) is 13.2. The van der Waals surface area contributed by atoms with Crippen LogP contribution in [-0.2, 0) is 19.1 Å². The molecule has 0 aliphatic carbocycles. The molecule has 0 aromatic carbocycles. The number of amides is 1. The van der Waals surface area contributed by atoms with E-state index in [2.05, 4.69) is 19.2 Å². The third-order valence-corrected chi connectivity index (χ3v) is 5.83. The number of hydrogen-bond donors (Lipinski definition) is 4. The minimum atomic E-state index is -0.954. The summed E-state index contributed by atoms with van der Waals surface area (Å²) in [5, 5.41) is 26.5. The van der Waals surface area contributed by atoms with Crippen LogP contribution in [0.15, 0.2) is 0 Å². The predicted molar refractivity (Wildman–Crippen MR) is 132 cm³/mol. The van der Waals surface area contributed by atoms with Gasteiger partial charge in [0, 0.05) is 12.8 Å². The second-order valence-corrected chi connectivity index (χ2v) is 9.65. The van der Waals surface area contributed by atoms with Crippen LogP contribution in [0.5, 0.6) is 0 Å². The third kappa shape index (κ3) is 19.9. The highest BCUT2D eigenvalue weighted by molar-refractivity contribution is 5.93. The summed E-state index contributed by atoms with van der Waals surface area (Å²) in [7, 11) is 0. The van der Waals surface area contributed by atoms with E-state index in [1.807, 2.05) is 0 Å². The van der Waals surface area contributed by atoms with E-state index in [1.54, 1.807) is 0 Å². The lowest BCUT2D eigenvalue weighted by atomic mass is 10.0. The fourth-order valence-electron chi connectivity index (χ4n) is 3.67. The fourth-order valence-corrected chi connectivity index (χ4v) is 3.67. The first kappa shape index (κ1) is 32.5. The van der Waals surface area contributed by atoms with Crippen LogP contribution in [0, 0.1) is 5.92 Å². The van der Waals surface area contributed by atoms with Gasteiger partial charge in [-0.3, -0.25) is 9.59 Å². The van der Waals surface area contributed by atoms with E-state index in [9.17, 15) is 14.4 Å². The largest absolute Gasteiger partial charge is 0.394 e. The predicted octanol–water partition coefficient (Wildman–Crippen LogP) is 3.78. The molecule has 1 aliphatic rings. The van der Waals surface area contributed by atoms with Gasteiger partial charge in [0.2, 0.25) is 5.91 Å². The lowest BCUT2D eigenvalue weighted by molar-refractivity contribution is -0.161. The maximum atomic E-state index is 11.7. The Morgan fingerprint density at radius 2 is 1.35 bits per heavy atom. The fraction of sp³-hybridized carbons (Fsp3) is 0.885. The van der Waals surface area contributed by atoms with E-state index in [1.165, 1.54) is 64.2 Å². The van der Waals surface area contributed by atoms with E-state index in [0.29, 0.717) is 12.8 Å². The van der Waals surface area contributed by atoms with Crippen LogP contribution in [0.1, 0.15) is 117 Å². The molecule has 34 heavy (non-hydrogen) atoms. The Bertz CT molecular complexity index is 535. The van der Waals surface area contributed by atoms with Crippen molar-refractivity contribution in [2.75, 3.05) is 13.2 Å². The molecule has 1 amide bonds. The molecule has 0 aromatic heterocycles. The van der Waals surface area contributed by atoms with Crippen LogP contribution in [-0.4, -0.2) is 58.5 Å². The number of carbonyl (C=O) groups excluding carboxylic acids is 3. The Balaban J connectivity index is 0.00000160. The van der Waals surface area contributed by atoms with Gasteiger partial charge < -0.3 is 25.4 Å². The van der Waals surface area contributed by atoms with E-state index in [4.69, 9.17) is 20.1 Å². The molecule has 8 heteroatoms. The number of ether oxygens (including phenoxy) is 1. The maximum absolute atomic E-state index is 11.7. The highest BCUT2D eigenvalue weighted by Gasteiger charge is 2.29. The lowest BCUT2D eigenvalue weighted by Gasteiger charge is -2.08. The van der Waals surface area contributed by atoms with Gasteiger partial charge in [-0.15, -0.1) is 0 Å². The number of aliphatic hydroxyl groups excluding tert-OH is 3. The molecule has 0 radical (unpaired) electrons. The van der Waals surface area contributed by atoms with Crippen molar-refractivity contribution in [3.63, 3.8) is 0 Å². The SMILES string of the molecule is CC(C)CCCCCCCCCCCCCCC(=O)OC(=O)[C@@H]1CCC(=O)N1.OCC(O)CO. The summed E-state index contributed by atoms with van der Waals surface area (Å²) in [6.45, 7) is 3.87. The smallest absolute Gasteiger partial charge is 0.336 e. The van der Waals surface area contributed by atoms with Gasteiger partial charge in [-0.2, -0.15) is 0 Å². The van der Waals surface area contributed by atoms with Gasteiger partial charge in [-0.1, -0.05) is 90.9 Å². The summed E-state index contributed by atoms with van der Waals surface area (Å²) in [5.41, 5.74) is 0. The summed E-state index contributed by atoms with van der Waals surface area (Å²) >= 11 is 0. The Morgan fingerprint density at radius 3 is 1.74 bits per heavy atom. The topological polar surface area (TPSA) is 133 Å². The van der Waals surface area contributed by atoms with Gasteiger partial charge in [0.1, 0.15) is 12.1 Å². The van der Waals surface area contributed by atoms with Gasteiger partial charge in [-0.05, 0) is 18.8 Å². The van der Waals surface area contributed by atoms with Crippen molar-refractivity contribution in [2.45, 2.75) is 129 Å². The molecule has 0 saturated carbocycles. The van der Waals surface area contributed by atoms with Gasteiger partial charge in [0.05, 0.1) is 13.2 Å². The minimum absolute atomic E-state index is 0.156. The zero-order chi connectivity index (χ0) is 25.6. The third-order valence-electron chi connectivity index (χ3n) is 5.83. The molecule has 1 heterocycles. The first-order chi connectivity index (χ1) is 16.3. The molecule has 0 spiro atoms. The number of hydrogen-bond acceptors (Lipinski definition) is 7. The standard InChI is InChI=1S/C23H41NO4.C3H8O3/c1-19(2)15-13-11-9-7-5-3-4-6-8-10-12-14-16-22(26)28-23(27)20-17-18-21(25)24-20;4-1-3(6)2-5/h19-20H,3-18H2,1-2H3,(H,24,25);3-6H,1-2H2/t20-;/m0./s1. The molecule has 8 nitrogen and oxygen atoms in total. The zero-order valence-corrected chi connectivity index (χ0v) is 21.4. The minimum Gasteiger partial charge on any atom is -0.394 e. The number of unbranched alkanes of at least 4 members (excludes halogenated alkanes) is 11. The highest BCUT2D eigenvalue weighted by Crippen LogP contribution is 2.15. The van der Waals surface area contributed by atoms with Gasteiger partial charge in [-0.25, -0.2) is 4.79 Å². The highest BCUT2D eigenvalue weighted by atomic mass is 16.6. The number of aliphatic hydroxyl groups is 3. The number of carbonyl (C=O) groups is 3. The molecule has 1 saturated heterocycles. The molecule has 200 valence electrons. The summed E-state index contributed by atoms with van der Waals surface area (Å²) in [5.74, 6) is -0.402. The summed E-state index contributed by atoms with van der Waals surface area (Å²) in [6.07, 6.45) is 16.4. The monoisotopic (exact) mass is 487 g/mol. The van der Waals surface area contributed by atoms with Crippen LogP contribution in [0.3, 0.4) is 0 Å². The maximum Gasteiger partial charge on any atom is 0.336 e. The van der Waals surface area contributed by atoms with Gasteiger partial charge in [0.25, 0.3) is 0 Å². The Labute approximate surface area is 205 Å². The molecule has 1 fully saturated rings. The summed E-state index contributed by atoms with van der Waals surface area (Å²) < 4.78 is 4.81. The molecule has 0 aromatic rings. The van der Waals surface area contributed by atoms with Crippen LogP contribution < -0.4 is 5.32 Å². The molecule has 0 unspecified atom stereocenters. The molecule has 1 aliphatic heterocycles. The number of nitrogens with one attached hydrogen (secondary N) is 1. The quantitative estimate of drug-likeness (QED) is 0.131. The molecular formula is C26H49NO7. The lowest BCUT2D eigenvalue weighted by Crippen LogP contribution is -2.35. The van der Waals surface area contributed by atoms with Crippen LogP contribution in [0.4, 0.5) is 0 Å². The molecule has 4 N–H and O–H groups in total. The average molecular weight is 488 g/mol. The van der Waals surface area contributed by atoms with E-state index in [0.717, 1.165) is 25.2 Å². The van der Waals surface area contributed by atoms with E-state index >= 15 is 0 Å². The van der Waals surface area contributed by atoms with Gasteiger partial charge >= 0.3 is 11.9 Å². The van der Waals surface area contributed by atoms with Crippen molar-refractivity contribution in [3.8, 4) is 0 Å². The molecule has 0 bridgehead atoms. The van der Waals surface area contributed by atoms with Crippen molar-refractivity contribution in [1.82, 2.24) is 5.32 Å². The second kappa shape index (κ2) is 22.0. The van der Waals surface area contributed by atoms with Crippen molar-refractivity contribution in [3.05, 3.63) is 0 Å². The molecular weight excluding hydrogens is 438 g/mol. The van der Waals surface area contributed by atoms with Crippen molar-refractivity contribution in [1.29, 1.82) is 0 Å². The van der Waals surface area contributed by atoms with Crippen molar-refractivity contribution >= 4 is 17.8 Å². The molecule has 1 rings (SSSR count). The number of esters is 2. The van der Waals surface area contributed by atoms with E-state index in [-0.39, 0.29) is 25.5 Å². The Hall–Kier alpha value is -1.51. The summed E-state index contributed by atoms with van der Waals surface area (Å²) in [4.78, 5) is 34.4. The van der Waals surface area contributed by atoms with E-state index < -0.39 is 24.1 Å². The van der Waals surface area contributed by atoms with Crippen LogP contribution in [0.2, 0.25) is 0 Å². The second-order valence-electron chi connectivity index (χ2n) is 9.65. The first-order valence-corrected chi connectivity index (χ1v) is 13.2. The Morgan fingerprint density at radius 1 is 0.882 bits per heavy atom. The Kier molecular flexibility index (Phi) is 21.0. The van der Waals surface area contributed by atoms with Crippen LogP contribution in [0.25, 0.3) is 0 Å². The summed E-state index contributed by atoms with van der Waals surface area (Å²) in [6, 6.07) is -0.642. The average Bonchev–Trinajstić information content (AvgIpc) is 3.25. The van der Waals surface area contributed by atoms with Crippen LogP contribution >= 0.6 is 0 Å². The number of rotatable bonds is 18. The normalized spacial score (nSPS) is 15.3. The molecule has 1 atom stereocenters. The zero-order valence-electron chi connectivity index (χ0n) is 21.4.